The number of morpholine rings is 1. The Kier molecular flexibility index (Phi) is 6.84. The van der Waals surface area contributed by atoms with Gasteiger partial charge < -0.3 is 10.1 Å². The number of nitro groups is 1. The molecule has 0 aliphatic carbocycles. The van der Waals surface area contributed by atoms with E-state index in [0.29, 0.717) is 0 Å². The van der Waals surface area contributed by atoms with Crippen LogP contribution in [-0.4, -0.2) is 41.0 Å². The van der Waals surface area contributed by atoms with Gasteiger partial charge in [-0.05, 0) is 37.1 Å². The van der Waals surface area contributed by atoms with Gasteiger partial charge in [-0.3, -0.25) is 19.8 Å². The highest BCUT2D eigenvalue weighted by Gasteiger charge is 2.23. The van der Waals surface area contributed by atoms with Crippen LogP contribution in [0.25, 0.3) is 0 Å². The van der Waals surface area contributed by atoms with Crippen molar-refractivity contribution < 1.29 is 14.5 Å². The fraction of sp³-hybridized carbons (Fsp3) is 0.381. The Labute approximate surface area is 174 Å². The third kappa shape index (κ3) is 5.53. The first-order chi connectivity index (χ1) is 13.8. The number of carbonyl (C=O) groups excluding carboxylic acids is 1. The Morgan fingerprint density at radius 1 is 1.21 bits per heavy atom. The Bertz CT molecular complexity index is 895. The standard InChI is InChI=1S/C21H24ClN3O4/c1-14-11-24(12-15(2)29-14)13-17-6-4-3-5-16(17)10-23-21(26)19-8-7-18(22)9-20(19)25(27)28/h3-9,14-15H,10-13H2,1-2H3,(H,23,26). The molecule has 154 valence electrons. The number of nitrogens with zero attached hydrogens (tertiary/aromatic N) is 2. The second-order valence-electron chi connectivity index (χ2n) is 7.32. The number of nitrogens with one attached hydrogen (secondary N) is 1. The molecule has 2 aromatic rings. The number of ether oxygens (including phenoxy) is 1. The maximum atomic E-state index is 12.6. The summed E-state index contributed by atoms with van der Waals surface area (Å²) in [5.74, 6) is -0.503. The zero-order valence-electron chi connectivity index (χ0n) is 16.4. The van der Waals surface area contributed by atoms with Crippen LogP contribution < -0.4 is 5.32 Å². The molecule has 1 fully saturated rings. The predicted molar refractivity (Wildman–Crippen MR) is 111 cm³/mol. The van der Waals surface area contributed by atoms with Gasteiger partial charge in [0.05, 0.1) is 17.1 Å². The number of nitro benzene ring substituents is 1. The van der Waals surface area contributed by atoms with Crippen LogP contribution in [0, 0.1) is 10.1 Å². The molecule has 0 radical (unpaired) electrons. The molecule has 0 spiro atoms. The molecule has 2 unspecified atom stereocenters. The van der Waals surface area contributed by atoms with Crippen LogP contribution in [0.5, 0.6) is 0 Å². The fourth-order valence-electron chi connectivity index (χ4n) is 3.66. The minimum Gasteiger partial charge on any atom is -0.373 e. The van der Waals surface area contributed by atoms with Crippen molar-refractivity contribution >= 4 is 23.2 Å². The van der Waals surface area contributed by atoms with E-state index in [9.17, 15) is 14.9 Å². The summed E-state index contributed by atoms with van der Waals surface area (Å²) in [6, 6.07) is 11.9. The number of hydrogen-bond acceptors (Lipinski definition) is 5. The summed E-state index contributed by atoms with van der Waals surface area (Å²) in [4.78, 5) is 25.5. The lowest BCUT2D eigenvalue weighted by Crippen LogP contribution is -2.45. The van der Waals surface area contributed by atoms with Gasteiger partial charge in [-0.15, -0.1) is 0 Å². The number of carbonyl (C=O) groups is 1. The number of benzene rings is 2. The van der Waals surface area contributed by atoms with E-state index < -0.39 is 10.8 Å². The first kappa shape index (κ1) is 21.2. The Balaban J connectivity index is 1.70. The number of hydrogen-bond donors (Lipinski definition) is 1. The monoisotopic (exact) mass is 417 g/mol. The molecule has 29 heavy (non-hydrogen) atoms. The van der Waals surface area contributed by atoms with Crippen LogP contribution in [0.2, 0.25) is 5.02 Å². The van der Waals surface area contributed by atoms with Crippen molar-refractivity contribution in [1.82, 2.24) is 10.2 Å². The van der Waals surface area contributed by atoms with E-state index in [1.165, 1.54) is 18.2 Å². The van der Waals surface area contributed by atoms with Gasteiger partial charge in [0.25, 0.3) is 11.6 Å². The zero-order chi connectivity index (χ0) is 21.0. The van der Waals surface area contributed by atoms with Gasteiger partial charge in [-0.2, -0.15) is 0 Å². The van der Waals surface area contributed by atoms with Crippen LogP contribution in [0.1, 0.15) is 35.3 Å². The SMILES string of the molecule is CC1CN(Cc2ccccc2CNC(=O)c2ccc(Cl)cc2[N+](=O)[O-])CC(C)O1. The molecule has 1 aliphatic heterocycles. The van der Waals surface area contributed by atoms with Crippen LogP contribution >= 0.6 is 11.6 Å². The minimum absolute atomic E-state index is 0.00675. The third-order valence-corrected chi connectivity index (χ3v) is 5.08. The molecule has 2 aromatic carbocycles. The van der Waals surface area contributed by atoms with Gasteiger partial charge in [-0.1, -0.05) is 35.9 Å². The zero-order valence-corrected chi connectivity index (χ0v) is 17.2. The molecule has 1 heterocycles. The van der Waals surface area contributed by atoms with Gasteiger partial charge in [0.15, 0.2) is 0 Å². The molecule has 1 aliphatic rings. The van der Waals surface area contributed by atoms with E-state index in [0.717, 1.165) is 30.8 Å². The van der Waals surface area contributed by atoms with Crippen LogP contribution in [0.15, 0.2) is 42.5 Å². The lowest BCUT2D eigenvalue weighted by Gasteiger charge is -2.35. The molecule has 1 N–H and O–H groups in total. The smallest absolute Gasteiger partial charge is 0.283 e. The third-order valence-electron chi connectivity index (χ3n) is 4.85. The second kappa shape index (κ2) is 9.35. The maximum Gasteiger partial charge on any atom is 0.283 e. The molecular weight excluding hydrogens is 394 g/mol. The summed E-state index contributed by atoms with van der Waals surface area (Å²) in [6.45, 7) is 6.86. The van der Waals surface area contributed by atoms with Gasteiger partial charge in [0, 0.05) is 37.3 Å². The van der Waals surface area contributed by atoms with Crippen LogP contribution in [-0.2, 0) is 17.8 Å². The Morgan fingerprint density at radius 2 is 1.86 bits per heavy atom. The summed E-state index contributed by atoms with van der Waals surface area (Å²) < 4.78 is 5.79. The summed E-state index contributed by atoms with van der Waals surface area (Å²) in [5, 5.41) is 14.2. The predicted octanol–water partition coefficient (Wildman–Crippen LogP) is 3.79. The summed E-state index contributed by atoms with van der Waals surface area (Å²) >= 11 is 5.82. The van der Waals surface area contributed by atoms with Crippen molar-refractivity contribution in [3.8, 4) is 0 Å². The molecule has 0 bridgehead atoms. The highest BCUT2D eigenvalue weighted by Crippen LogP contribution is 2.23. The van der Waals surface area contributed by atoms with Crippen molar-refractivity contribution in [2.45, 2.75) is 39.1 Å². The quantitative estimate of drug-likeness (QED) is 0.571. The van der Waals surface area contributed by atoms with Gasteiger partial charge >= 0.3 is 0 Å². The largest absolute Gasteiger partial charge is 0.373 e. The first-order valence-corrected chi connectivity index (χ1v) is 9.88. The van der Waals surface area contributed by atoms with Crippen molar-refractivity contribution in [1.29, 1.82) is 0 Å². The molecule has 0 saturated carbocycles. The van der Waals surface area contributed by atoms with E-state index in [1.54, 1.807) is 0 Å². The van der Waals surface area contributed by atoms with Gasteiger partial charge in [0.1, 0.15) is 5.56 Å². The van der Waals surface area contributed by atoms with Crippen molar-refractivity contribution in [2.75, 3.05) is 13.1 Å². The number of halogens is 1. The average molecular weight is 418 g/mol. The number of rotatable bonds is 6. The second-order valence-corrected chi connectivity index (χ2v) is 7.76. The van der Waals surface area contributed by atoms with Crippen molar-refractivity contribution in [2.24, 2.45) is 0 Å². The topological polar surface area (TPSA) is 84.7 Å². The highest BCUT2D eigenvalue weighted by atomic mass is 35.5. The molecule has 3 rings (SSSR count). The molecule has 0 aromatic heterocycles. The molecule has 2 atom stereocenters. The lowest BCUT2D eigenvalue weighted by molar-refractivity contribution is -0.385. The van der Waals surface area contributed by atoms with E-state index in [2.05, 4.69) is 24.1 Å². The van der Waals surface area contributed by atoms with E-state index >= 15 is 0 Å². The number of amides is 1. The van der Waals surface area contributed by atoms with E-state index in [4.69, 9.17) is 16.3 Å². The molecular formula is C21H24ClN3O4. The summed E-state index contributed by atoms with van der Waals surface area (Å²) in [7, 11) is 0. The van der Waals surface area contributed by atoms with Crippen LogP contribution in [0.4, 0.5) is 5.69 Å². The van der Waals surface area contributed by atoms with Gasteiger partial charge in [0.2, 0.25) is 0 Å². The summed E-state index contributed by atoms with van der Waals surface area (Å²) in [5.41, 5.74) is 1.77. The van der Waals surface area contributed by atoms with Crippen molar-refractivity contribution in [3.63, 3.8) is 0 Å². The average Bonchev–Trinajstić information content (AvgIpc) is 2.66. The minimum atomic E-state index is -0.602. The normalized spacial score (nSPS) is 19.7. The van der Waals surface area contributed by atoms with Crippen LogP contribution in [0.3, 0.4) is 0 Å². The molecule has 7 nitrogen and oxygen atoms in total. The maximum absolute atomic E-state index is 12.6. The summed E-state index contributed by atoms with van der Waals surface area (Å²) in [6.07, 6.45) is 0.354. The lowest BCUT2D eigenvalue weighted by atomic mass is 10.1. The first-order valence-electron chi connectivity index (χ1n) is 9.50. The Hall–Kier alpha value is -2.48. The Morgan fingerprint density at radius 3 is 2.52 bits per heavy atom. The van der Waals surface area contributed by atoms with E-state index in [-0.39, 0.29) is 35.0 Å². The highest BCUT2D eigenvalue weighted by molar-refractivity contribution is 6.31. The molecule has 8 heteroatoms. The van der Waals surface area contributed by atoms with E-state index in [1.807, 2.05) is 24.3 Å². The molecule has 1 amide bonds. The molecule has 1 saturated heterocycles. The van der Waals surface area contributed by atoms with Crippen molar-refractivity contribution in [3.05, 3.63) is 74.3 Å². The van der Waals surface area contributed by atoms with Gasteiger partial charge in [-0.25, -0.2) is 0 Å². The fourth-order valence-corrected chi connectivity index (χ4v) is 3.82.